The third kappa shape index (κ3) is 3.09. The van der Waals surface area contributed by atoms with E-state index in [1.807, 2.05) is 36.4 Å². The van der Waals surface area contributed by atoms with Gasteiger partial charge < -0.3 is 14.5 Å². The molecule has 1 amide bonds. The zero-order valence-electron chi connectivity index (χ0n) is 14.8. The average Bonchev–Trinajstić information content (AvgIpc) is 3.37. The molecule has 3 aromatic rings. The van der Waals surface area contributed by atoms with Crippen LogP contribution in [0, 0.1) is 17.1 Å². The number of nitriles is 1. The molecular weight excluding hydrogens is 361 g/mol. The van der Waals surface area contributed by atoms with Crippen molar-refractivity contribution in [3.8, 4) is 23.1 Å². The third-order valence-corrected chi connectivity index (χ3v) is 4.96. The standard InChI is InChI=1S/C21H16FN3O3/c22-17-7-6-14(10-18(17)26)20-16(11-23)19(24-28-20)21(27)25-9-8-15(12-25)13-4-2-1-3-5-13/h1-7,10,15,26H,8-9,12H2. The maximum absolute atomic E-state index is 13.3. The molecule has 1 saturated heterocycles. The zero-order chi connectivity index (χ0) is 19.7. The largest absolute Gasteiger partial charge is 0.505 e. The first kappa shape index (κ1) is 17.7. The second kappa shape index (κ2) is 7.16. The van der Waals surface area contributed by atoms with Crippen LogP contribution in [-0.4, -0.2) is 34.2 Å². The Bertz CT molecular complexity index is 1070. The molecule has 4 rings (SSSR count). The molecule has 0 bridgehead atoms. The van der Waals surface area contributed by atoms with Crippen LogP contribution in [0.4, 0.5) is 4.39 Å². The van der Waals surface area contributed by atoms with E-state index in [2.05, 4.69) is 5.16 Å². The molecule has 0 aliphatic carbocycles. The second-order valence-corrected chi connectivity index (χ2v) is 6.66. The molecule has 1 fully saturated rings. The van der Waals surface area contributed by atoms with E-state index in [0.717, 1.165) is 18.6 Å². The van der Waals surface area contributed by atoms with E-state index in [1.165, 1.54) is 11.6 Å². The molecule has 140 valence electrons. The molecule has 0 radical (unpaired) electrons. The van der Waals surface area contributed by atoms with Gasteiger partial charge in [0.25, 0.3) is 5.91 Å². The van der Waals surface area contributed by atoms with Crippen LogP contribution < -0.4 is 0 Å². The minimum Gasteiger partial charge on any atom is -0.505 e. The van der Waals surface area contributed by atoms with E-state index in [9.17, 15) is 19.6 Å². The number of likely N-dealkylation sites (tertiary alicyclic amines) is 1. The number of hydrogen-bond donors (Lipinski definition) is 1. The van der Waals surface area contributed by atoms with E-state index in [0.29, 0.717) is 13.1 Å². The molecule has 1 N–H and O–H groups in total. The third-order valence-electron chi connectivity index (χ3n) is 4.96. The molecule has 1 unspecified atom stereocenters. The van der Waals surface area contributed by atoms with Crippen molar-refractivity contribution >= 4 is 5.91 Å². The fraction of sp³-hybridized carbons (Fsp3) is 0.190. The highest BCUT2D eigenvalue weighted by atomic mass is 19.1. The Morgan fingerprint density at radius 3 is 2.79 bits per heavy atom. The molecule has 2 heterocycles. The molecule has 1 aliphatic rings. The number of hydrogen-bond acceptors (Lipinski definition) is 5. The van der Waals surface area contributed by atoms with Crippen molar-refractivity contribution < 1.29 is 18.8 Å². The van der Waals surface area contributed by atoms with E-state index in [4.69, 9.17) is 4.52 Å². The van der Waals surface area contributed by atoms with Crippen LogP contribution in [-0.2, 0) is 0 Å². The van der Waals surface area contributed by atoms with Crippen LogP contribution >= 0.6 is 0 Å². The number of rotatable bonds is 3. The quantitative estimate of drug-likeness (QED) is 0.752. The fourth-order valence-electron chi connectivity index (χ4n) is 3.48. The van der Waals surface area contributed by atoms with Gasteiger partial charge in [0, 0.05) is 24.6 Å². The summed E-state index contributed by atoms with van der Waals surface area (Å²) in [6, 6.07) is 15.4. The Morgan fingerprint density at radius 1 is 1.29 bits per heavy atom. The highest BCUT2D eigenvalue weighted by molar-refractivity contribution is 5.96. The highest BCUT2D eigenvalue weighted by Crippen LogP contribution is 2.32. The minimum atomic E-state index is -0.790. The number of carbonyl (C=O) groups excluding carboxylic acids is 1. The van der Waals surface area contributed by atoms with Gasteiger partial charge in [0.05, 0.1) is 0 Å². The van der Waals surface area contributed by atoms with Crippen molar-refractivity contribution in [1.29, 1.82) is 5.26 Å². The molecule has 1 atom stereocenters. The van der Waals surface area contributed by atoms with Crippen molar-refractivity contribution in [3.63, 3.8) is 0 Å². The molecule has 6 nitrogen and oxygen atoms in total. The maximum atomic E-state index is 13.3. The summed E-state index contributed by atoms with van der Waals surface area (Å²) < 4.78 is 18.5. The van der Waals surface area contributed by atoms with E-state index >= 15 is 0 Å². The Morgan fingerprint density at radius 2 is 2.07 bits per heavy atom. The lowest BCUT2D eigenvalue weighted by molar-refractivity contribution is 0.0780. The number of halogens is 1. The highest BCUT2D eigenvalue weighted by Gasteiger charge is 2.32. The van der Waals surface area contributed by atoms with Crippen LogP contribution in [0.5, 0.6) is 5.75 Å². The lowest BCUT2D eigenvalue weighted by Gasteiger charge is -2.15. The molecular formula is C21H16FN3O3. The minimum absolute atomic E-state index is 0.0277. The molecule has 7 heteroatoms. The van der Waals surface area contributed by atoms with E-state index < -0.39 is 11.6 Å². The first-order valence-corrected chi connectivity index (χ1v) is 8.81. The summed E-state index contributed by atoms with van der Waals surface area (Å²) in [7, 11) is 0. The Hall–Kier alpha value is -3.66. The van der Waals surface area contributed by atoms with Gasteiger partial charge in [-0.1, -0.05) is 35.5 Å². The molecule has 2 aromatic carbocycles. The van der Waals surface area contributed by atoms with Gasteiger partial charge in [-0.15, -0.1) is 0 Å². The van der Waals surface area contributed by atoms with Crippen LogP contribution in [0.15, 0.2) is 53.1 Å². The second-order valence-electron chi connectivity index (χ2n) is 6.66. The summed E-state index contributed by atoms with van der Waals surface area (Å²) in [5.41, 5.74) is 1.33. The number of benzene rings is 2. The maximum Gasteiger partial charge on any atom is 0.277 e. The molecule has 1 aromatic heterocycles. The smallest absolute Gasteiger partial charge is 0.277 e. The zero-order valence-corrected chi connectivity index (χ0v) is 14.8. The number of aromatic nitrogens is 1. The van der Waals surface area contributed by atoms with Crippen molar-refractivity contribution in [2.45, 2.75) is 12.3 Å². The fourth-order valence-corrected chi connectivity index (χ4v) is 3.48. The summed E-state index contributed by atoms with van der Waals surface area (Å²) in [4.78, 5) is 14.6. The number of nitrogens with zero attached hydrogens (tertiary/aromatic N) is 3. The number of carbonyl (C=O) groups is 1. The topological polar surface area (TPSA) is 90.4 Å². The monoisotopic (exact) mass is 377 g/mol. The number of phenolic OH excluding ortho intramolecular Hbond substituents is 1. The van der Waals surface area contributed by atoms with Crippen molar-refractivity contribution in [3.05, 3.63) is 71.2 Å². The van der Waals surface area contributed by atoms with Gasteiger partial charge in [-0.2, -0.15) is 5.26 Å². The van der Waals surface area contributed by atoms with Crippen LogP contribution in [0.25, 0.3) is 11.3 Å². The molecule has 0 saturated carbocycles. The van der Waals surface area contributed by atoms with Crippen molar-refractivity contribution in [1.82, 2.24) is 10.1 Å². The summed E-state index contributed by atoms with van der Waals surface area (Å²) in [5, 5.41) is 22.9. The van der Waals surface area contributed by atoms with E-state index in [1.54, 1.807) is 4.90 Å². The van der Waals surface area contributed by atoms with Gasteiger partial charge in [-0.05, 0) is 30.2 Å². The van der Waals surface area contributed by atoms with Crippen LogP contribution in [0.1, 0.15) is 34.0 Å². The van der Waals surface area contributed by atoms with E-state index in [-0.39, 0.29) is 34.4 Å². The number of aromatic hydroxyl groups is 1. The Balaban J connectivity index is 1.60. The first-order valence-electron chi connectivity index (χ1n) is 8.81. The molecule has 0 spiro atoms. The lowest BCUT2D eigenvalue weighted by Crippen LogP contribution is -2.29. The lowest BCUT2D eigenvalue weighted by atomic mass is 9.99. The predicted octanol–water partition coefficient (Wildman–Crippen LogP) is 3.69. The average molecular weight is 377 g/mol. The van der Waals surface area contributed by atoms with Crippen molar-refractivity contribution in [2.75, 3.05) is 13.1 Å². The number of phenols is 1. The Labute approximate surface area is 160 Å². The van der Waals surface area contributed by atoms with Crippen LogP contribution in [0.3, 0.4) is 0 Å². The summed E-state index contributed by atoms with van der Waals surface area (Å²) in [6.45, 7) is 1.09. The van der Waals surface area contributed by atoms with Crippen LogP contribution in [0.2, 0.25) is 0 Å². The summed E-state index contributed by atoms with van der Waals surface area (Å²) in [5.74, 6) is -1.48. The predicted molar refractivity (Wildman–Crippen MR) is 98.0 cm³/mol. The van der Waals surface area contributed by atoms with Gasteiger partial charge >= 0.3 is 0 Å². The van der Waals surface area contributed by atoms with Gasteiger partial charge in [-0.25, -0.2) is 4.39 Å². The summed E-state index contributed by atoms with van der Waals surface area (Å²) in [6.07, 6.45) is 0.828. The first-order chi connectivity index (χ1) is 13.6. The SMILES string of the molecule is N#Cc1c(C(=O)N2CCC(c3ccccc3)C2)noc1-c1ccc(F)c(O)c1. The summed E-state index contributed by atoms with van der Waals surface area (Å²) >= 11 is 0. The van der Waals surface area contributed by atoms with Gasteiger partial charge in [0.1, 0.15) is 11.6 Å². The van der Waals surface area contributed by atoms with Gasteiger partial charge in [-0.3, -0.25) is 4.79 Å². The normalized spacial score (nSPS) is 16.1. The number of amides is 1. The Kier molecular flexibility index (Phi) is 4.53. The molecule has 28 heavy (non-hydrogen) atoms. The molecule has 1 aliphatic heterocycles. The van der Waals surface area contributed by atoms with Gasteiger partial charge in [0.15, 0.2) is 23.0 Å². The van der Waals surface area contributed by atoms with Gasteiger partial charge in [0.2, 0.25) is 0 Å². The van der Waals surface area contributed by atoms with Crippen molar-refractivity contribution in [2.24, 2.45) is 0 Å².